The van der Waals surface area contributed by atoms with Gasteiger partial charge in [0.25, 0.3) is 5.89 Å². The summed E-state index contributed by atoms with van der Waals surface area (Å²) in [5.74, 6) is 0.615. The van der Waals surface area contributed by atoms with E-state index in [9.17, 15) is 13.2 Å². The lowest BCUT2D eigenvalue weighted by atomic mass is 10.1. The van der Waals surface area contributed by atoms with E-state index in [4.69, 9.17) is 15.0 Å². The molecule has 2 aromatic carbocycles. The molecule has 3 rings (SSSR count). The van der Waals surface area contributed by atoms with Gasteiger partial charge in [0.2, 0.25) is 11.7 Å². The van der Waals surface area contributed by atoms with Gasteiger partial charge < -0.3 is 15.0 Å². The van der Waals surface area contributed by atoms with E-state index < -0.39 is 21.0 Å². The molecule has 0 radical (unpaired) electrons. The van der Waals surface area contributed by atoms with Crippen molar-refractivity contribution in [2.24, 2.45) is 5.73 Å². The molecule has 2 N–H and O–H groups in total. The van der Waals surface area contributed by atoms with Gasteiger partial charge in [0.05, 0.1) is 0 Å². The molecule has 1 aromatic heterocycles. The number of nitrogens with zero attached hydrogens (tertiary/aromatic N) is 2. The Morgan fingerprint density at radius 2 is 1.83 bits per heavy atom. The summed E-state index contributed by atoms with van der Waals surface area (Å²) < 4.78 is 34.1. The molecule has 152 valence electrons. The van der Waals surface area contributed by atoms with E-state index in [1.165, 1.54) is 0 Å². The zero-order valence-electron chi connectivity index (χ0n) is 15.8. The van der Waals surface area contributed by atoms with Crippen LogP contribution in [0.3, 0.4) is 0 Å². The van der Waals surface area contributed by atoms with Crippen molar-refractivity contribution in [3.05, 3.63) is 66.1 Å². The maximum atomic E-state index is 11.6. The molecule has 29 heavy (non-hydrogen) atoms. The Morgan fingerprint density at radius 1 is 1.14 bits per heavy atom. The van der Waals surface area contributed by atoms with Crippen molar-refractivity contribution in [1.82, 2.24) is 10.1 Å². The number of aromatic nitrogens is 2. The number of carbonyl (C=O) groups is 1. The molecule has 9 heteroatoms. The summed E-state index contributed by atoms with van der Waals surface area (Å²) in [5, 5.41) is 2.75. The van der Waals surface area contributed by atoms with Crippen LogP contribution >= 0.6 is 0 Å². The largest absolute Gasteiger partial charge is 0.484 e. The number of sulfone groups is 1. The first-order valence-electron chi connectivity index (χ1n) is 8.91. The number of hydrogen-bond acceptors (Lipinski definition) is 7. The van der Waals surface area contributed by atoms with E-state index in [0.29, 0.717) is 23.9 Å². The third-order valence-corrected chi connectivity index (χ3v) is 5.82. The Kier molecular flexibility index (Phi) is 6.28. The molecule has 1 atom stereocenters. The van der Waals surface area contributed by atoms with Crippen LogP contribution < -0.4 is 10.5 Å². The molecular weight excluding hydrogens is 394 g/mol. The van der Waals surface area contributed by atoms with Crippen LogP contribution in [-0.4, -0.2) is 36.0 Å². The molecule has 1 amide bonds. The molecule has 0 bridgehead atoms. The predicted molar refractivity (Wildman–Crippen MR) is 107 cm³/mol. The van der Waals surface area contributed by atoms with Gasteiger partial charge in [0.15, 0.2) is 16.4 Å². The molecule has 3 aromatic rings. The van der Waals surface area contributed by atoms with Crippen LogP contribution in [0.25, 0.3) is 11.4 Å². The van der Waals surface area contributed by atoms with E-state index in [2.05, 4.69) is 10.1 Å². The SMILES string of the molecule is CS(=O)(=O)C(CCc1ccc(OCc2nc(-c3ccccc3)no2)cc1)C(N)=O. The van der Waals surface area contributed by atoms with Gasteiger partial charge in [-0.1, -0.05) is 47.6 Å². The normalized spacial score (nSPS) is 12.4. The molecule has 0 spiro atoms. The summed E-state index contributed by atoms with van der Waals surface area (Å²) >= 11 is 0. The minimum atomic E-state index is -3.52. The van der Waals surface area contributed by atoms with Crippen LogP contribution in [0.4, 0.5) is 0 Å². The summed E-state index contributed by atoms with van der Waals surface area (Å²) in [7, 11) is -3.52. The number of carbonyl (C=O) groups excluding carboxylic acids is 1. The van der Waals surface area contributed by atoms with Crippen molar-refractivity contribution < 1.29 is 22.5 Å². The number of ether oxygens (including phenoxy) is 1. The average molecular weight is 415 g/mol. The van der Waals surface area contributed by atoms with Gasteiger partial charge in [0.1, 0.15) is 11.0 Å². The van der Waals surface area contributed by atoms with Crippen LogP contribution in [-0.2, 0) is 27.7 Å². The number of hydrogen-bond donors (Lipinski definition) is 1. The van der Waals surface area contributed by atoms with Gasteiger partial charge in [-0.3, -0.25) is 4.79 Å². The minimum absolute atomic E-state index is 0.122. The topological polar surface area (TPSA) is 125 Å². The van der Waals surface area contributed by atoms with Crippen LogP contribution in [0.5, 0.6) is 5.75 Å². The fraction of sp³-hybridized carbons (Fsp3) is 0.250. The lowest BCUT2D eigenvalue weighted by molar-refractivity contribution is -0.117. The predicted octanol–water partition coefficient (Wildman–Crippen LogP) is 2.15. The second-order valence-electron chi connectivity index (χ2n) is 6.57. The Balaban J connectivity index is 1.55. The Morgan fingerprint density at radius 3 is 2.45 bits per heavy atom. The van der Waals surface area contributed by atoms with Crippen LogP contribution in [0.15, 0.2) is 59.1 Å². The summed E-state index contributed by atoms with van der Waals surface area (Å²) in [5.41, 5.74) is 6.92. The molecule has 1 heterocycles. The molecule has 0 aliphatic rings. The lowest BCUT2D eigenvalue weighted by Gasteiger charge is -2.11. The molecule has 0 saturated carbocycles. The van der Waals surface area contributed by atoms with E-state index >= 15 is 0 Å². The maximum absolute atomic E-state index is 11.6. The Bertz CT molecular complexity index is 1060. The van der Waals surface area contributed by atoms with Gasteiger partial charge >= 0.3 is 0 Å². The van der Waals surface area contributed by atoms with E-state index in [1.54, 1.807) is 24.3 Å². The summed E-state index contributed by atoms with van der Waals surface area (Å²) in [4.78, 5) is 15.6. The van der Waals surface area contributed by atoms with E-state index in [-0.39, 0.29) is 13.0 Å². The van der Waals surface area contributed by atoms with Crippen molar-refractivity contribution in [2.45, 2.75) is 24.7 Å². The van der Waals surface area contributed by atoms with Crippen LogP contribution in [0.1, 0.15) is 17.9 Å². The minimum Gasteiger partial charge on any atom is -0.484 e. The zero-order valence-corrected chi connectivity index (χ0v) is 16.6. The highest BCUT2D eigenvalue weighted by Crippen LogP contribution is 2.18. The molecule has 0 aliphatic carbocycles. The first-order chi connectivity index (χ1) is 13.8. The molecule has 0 saturated heterocycles. The van der Waals surface area contributed by atoms with E-state index in [0.717, 1.165) is 17.4 Å². The standard InChI is InChI=1S/C20H21N3O5S/c1-29(25,26)17(19(21)24)12-9-14-7-10-16(11-8-14)27-13-18-22-20(23-28-18)15-5-3-2-4-6-15/h2-8,10-11,17H,9,12-13H2,1H3,(H2,21,24). The fourth-order valence-corrected chi connectivity index (χ4v) is 3.75. The molecular formula is C20H21N3O5S. The Hall–Kier alpha value is -3.20. The smallest absolute Gasteiger partial charge is 0.264 e. The highest BCUT2D eigenvalue weighted by molar-refractivity contribution is 7.92. The number of nitrogens with two attached hydrogens (primary N) is 1. The van der Waals surface area contributed by atoms with Crippen LogP contribution in [0, 0.1) is 0 Å². The van der Waals surface area contributed by atoms with Gasteiger partial charge in [-0.15, -0.1) is 0 Å². The molecule has 0 aliphatic heterocycles. The van der Waals surface area contributed by atoms with E-state index in [1.807, 2.05) is 30.3 Å². The average Bonchev–Trinajstić information content (AvgIpc) is 3.16. The molecule has 0 fully saturated rings. The summed E-state index contributed by atoms with van der Waals surface area (Å²) in [6.07, 6.45) is 1.56. The number of benzene rings is 2. The number of aryl methyl sites for hydroxylation is 1. The summed E-state index contributed by atoms with van der Waals surface area (Å²) in [6.45, 7) is 0.122. The number of primary amides is 1. The Labute approximate surface area is 168 Å². The number of amides is 1. The second-order valence-corrected chi connectivity index (χ2v) is 8.80. The van der Waals surface area contributed by atoms with Crippen molar-refractivity contribution in [1.29, 1.82) is 0 Å². The van der Waals surface area contributed by atoms with Gasteiger partial charge in [0, 0.05) is 11.8 Å². The quantitative estimate of drug-likeness (QED) is 0.567. The zero-order chi connectivity index (χ0) is 20.9. The molecule has 8 nitrogen and oxygen atoms in total. The first kappa shape index (κ1) is 20.5. The van der Waals surface area contributed by atoms with Crippen molar-refractivity contribution in [2.75, 3.05) is 6.26 Å². The summed E-state index contributed by atoms with van der Waals surface area (Å²) in [6, 6.07) is 16.6. The highest BCUT2D eigenvalue weighted by Gasteiger charge is 2.26. The second kappa shape index (κ2) is 8.87. The highest BCUT2D eigenvalue weighted by atomic mass is 32.2. The monoisotopic (exact) mass is 415 g/mol. The van der Waals surface area contributed by atoms with Gasteiger partial charge in [-0.05, 0) is 30.5 Å². The lowest BCUT2D eigenvalue weighted by Crippen LogP contribution is -2.35. The number of rotatable bonds is 9. The fourth-order valence-electron chi connectivity index (χ4n) is 2.78. The molecule has 1 unspecified atom stereocenters. The van der Waals surface area contributed by atoms with Crippen LogP contribution in [0.2, 0.25) is 0 Å². The van der Waals surface area contributed by atoms with Gasteiger partial charge in [-0.2, -0.15) is 4.98 Å². The van der Waals surface area contributed by atoms with Crippen molar-refractivity contribution in [3.63, 3.8) is 0 Å². The third-order valence-electron chi connectivity index (χ3n) is 4.32. The maximum Gasteiger partial charge on any atom is 0.264 e. The van der Waals surface area contributed by atoms with Crippen molar-refractivity contribution >= 4 is 15.7 Å². The van der Waals surface area contributed by atoms with Gasteiger partial charge in [-0.25, -0.2) is 8.42 Å². The van der Waals surface area contributed by atoms with Crippen molar-refractivity contribution in [3.8, 4) is 17.1 Å². The first-order valence-corrected chi connectivity index (χ1v) is 10.9. The third kappa shape index (κ3) is 5.64.